The maximum absolute atomic E-state index is 5.77. The highest BCUT2D eigenvalue weighted by molar-refractivity contribution is 7.80. The molecule has 0 atom stereocenters. The summed E-state index contributed by atoms with van der Waals surface area (Å²) in [6.45, 7) is 4.52. The first-order valence-corrected chi connectivity index (χ1v) is 6.40. The summed E-state index contributed by atoms with van der Waals surface area (Å²) in [5, 5.41) is 3.25. The van der Waals surface area contributed by atoms with E-state index in [4.69, 9.17) is 18.0 Å². The van der Waals surface area contributed by atoms with Crippen molar-refractivity contribution in [1.82, 2.24) is 9.97 Å². The van der Waals surface area contributed by atoms with E-state index in [2.05, 4.69) is 15.3 Å². The van der Waals surface area contributed by atoms with Crippen molar-refractivity contribution in [3.8, 4) is 0 Å². The van der Waals surface area contributed by atoms with E-state index in [1.807, 2.05) is 38.1 Å². The molecular formula is C14H16N4S. The summed E-state index contributed by atoms with van der Waals surface area (Å²) in [7, 11) is 0. The highest BCUT2D eigenvalue weighted by Gasteiger charge is 2.11. The molecule has 0 bridgehead atoms. The van der Waals surface area contributed by atoms with Crippen LogP contribution in [0.25, 0.3) is 0 Å². The second-order valence-corrected chi connectivity index (χ2v) is 4.78. The number of rotatable bonds is 4. The van der Waals surface area contributed by atoms with Gasteiger partial charge in [-0.2, -0.15) is 0 Å². The molecule has 0 spiro atoms. The number of aromatic nitrogens is 2. The Labute approximate surface area is 118 Å². The highest BCUT2D eigenvalue weighted by atomic mass is 32.1. The van der Waals surface area contributed by atoms with Crippen molar-refractivity contribution in [1.29, 1.82) is 0 Å². The molecule has 0 unspecified atom stereocenters. The first-order valence-electron chi connectivity index (χ1n) is 5.99. The van der Waals surface area contributed by atoms with E-state index in [9.17, 15) is 0 Å². The smallest absolute Gasteiger partial charge is 0.137 e. The van der Waals surface area contributed by atoms with Gasteiger partial charge in [-0.1, -0.05) is 18.3 Å². The van der Waals surface area contributed by atoms with Crippen LogP contribution in [0.5, 0.6) is 0 Å². The van der Waals surface area contributed by atoms with Crippen molar-refractivity contribution in [2.45, 2.75) is 20.4 Å². The van der Waals surface area contributed by atoms with E-state index in [0.29, 0.717) is 11.5 Å². The molecule has 5 heteroatoms. The van der Waals surface area contributed by atoms with Crippen LogP contribution in [0.3, 0.4) is 0 Å². The zero-order valence-corrected chi connectivity index (χ0v) is 11.8. The maximum atomic E-state index is 5.77. The van der Waals surface area contributed by atoms with Crippen LogP contribution in [0, 0.1) is 13.8 Å². The third-order valence-electron chi connectivity index (χ3n) is 2.75. The Morgan fingerprint density at radius 1 is 1.37 bits per heavy atom. The van der Waals surface area contributed by atoms with Crippen LogP contribution in [-0.4, -0.2) is 15.0 Å². The van der Waals surface area contributed by atoms with Crippen LogP contribution in [0.1, 0.15) is 22.5 Å². The molecular weight excluding hydrogens is 256 g/mol. The summed E-state index contributed by atoms with van der Waals surface area (Å²) in [5.74, 6) is 0.718. The van der Waals surface area contributed by atoms with Gasteiger partial charge in [0.1, 0.15) is 10.8 Å². The van der Waals surface area contributed by atoms with Gasteiger partial charge >= 0.3 is 0 Å². The Balaban J connectivity index is 2.27. The quantitative estimate of drug-likeness (QED) is 0.836. The lowest BCUT2D eigenvalue weighted by Crippen LogP contribution is -2.17. The van der Waals surface area contributed by atoms with Gasteiger partial charge in [0, 0.05) is 11.9 Å². The number of pyridine rings is 2. The summed E-state index contributed by atoms with van der Waals surface area (Å²) in [5.41, 5.74) is 9.48. The number of nitrogens with one attached hydrogen (secondary N) is 1. The van der Waals surface area contributed by atoms with E-state index >= 15 is 0 Å². The first kappa shape index (κ1) is 13.4. The van der Waals surface area contributed by atoms with Crippen LogP contribution in [0.15, 0.2) is 30.5 Å². The minimum Gasteiger partial charge on any atom is -0.389 e. The molecule has 0 aliphatic carbocycles. The van der Waals surface area contributed by atoms with Crippen molar-refractivity contribution in [3.05, 3.63) is 53.0 Å². The average molecular weight is 272 g/mol. The molecule has 0 aromatic carbocycles. The molecule has 2 rings (SSSR count). The van der Waals surface area contributed by atoms with Crippen LogP contribution in [0.2, 0.25) is 0 Å². The number of aryl methyl sites for hydroxylation is 2. The predicted octanol–water partition coefficient (Wildman–Crippen LogP) is 2.34. The topological polar surface area (TPSA) is 63.8 Å². The average Bonchev–Trinajstić information content (AvgIpc) is 2.36. The van der Waals surface area contributed by atoms with Gasteiger partial charge in [0.2, 0.25) is 0 Å². The summed E-state index contributed by atoms with van der Waals surface area (Å²) < 4.78 is 0. The molecule has 3 N–H and O–H groups in total. The summed E-state index contributed by atoms with van der Waals surface area (Å²) in [6.07, 6.45) is 1.76. The lowest BCUT2D eigenvalue weighted by atomic mass is 10.1. The fourth-order valence-electron chi connectivity index (χ4n) is 1.95. The van der Waals surface area contributed by atoms with Gasteiger partial charge in [0.05, 0.1) is 17.8 Å². The largest absolute Gasteiger partial charge is 0.389 e. The molecule has 0 aliphatic heterocycles. The standard InChI is InChI=1S/C14H16N4S/c1-9-7-10(2)18-14(12(9)13(15)19)17-8-11-5-3-4-6-16-11/h3-7H,8H2,1-2H3,(H2,15,19)(H,17,18). The molecule has 0 fully saturated rings. The van der Waals surface area contributed by atoms with Crippen LogP contribution in [0.4, 0.5) is 5.82 Å². The monoisotopic (exact) mass is 272 g/mol. The van der Waals surface area contributed by atoms with Gasteiger partial charge in [-0.3, -0.25) is 4.98 Å². The summed E-state index contributed by atoms with van der Waals surface area (Å²) in [6, 6.07) is 7.77. The van der Waals surface area contributed by atoms with E-state index < -0.39 is 0 Å². The normalized spacial score (nSPS) is 10.2. The number of thiocarbonyl (C=S) groups is 1. The van der Waals surface area contributed by atoms with E-state index in [1.54, 1.807) is 6.20 Å². The van der Waals surface area contributed by atoms with Gasteiger partial charge < -0.3 is 11.1 Å². The molecule has 0 aliphatic rings. The number of hydrogen-bond acceptors (Lipinski definition) is 4. The molecule has 0 radical (unpaired) electrons. The molecule has 0 saturated carbocycles. The fourth-order valence-corrected chi connectivity index (χ4v) is 2.21. The Bertz CT molecular complexity index is 596. The second kappa shape index (κ2) is 5.75. The number of nitrogens with two attached hydrogens (primary N) is 1. The zero-order valence-electron chi connectivity index (χ0n) is 11.0. The van der Waals surface area contributed by atoms with Gasteiger partial charge in [-0.15, -0.1) is 0 Å². The van der Waals surface area contributed by atoms with Crippen LogP contribution >= 0.6 is 12.2 Å². The zero-order chi connectivity index (χ0) is 13.8. The minimum absolute atomic E-state index is 0.355. The molecule has 2 aromatic rings. The first-order chi connectivity index (χ1) is 9.08. The Kier molecular flexibility index (Phi) is 4.06. The molecule has 98 valence electrons. The molecule has 2 heterocycles. The summed E-state index contributed by atoms with van der Waals surface area (Å²) in [4.78, 5) is 9.08. The molecule has 2 aromatic heterocycles. The van der Waals surface area contributed by atoms with Crippen LogP contribution in [-0.2, 0) is 6.54 Å². The van der Waals surface area contributed by atoms with Gasteiger partial charge in [0.25, 0.3) is 0 Å². The predicted molar refractivity (Wildman–Crippen MR) is 81.2 cm³/mol. The maximum Gasteiger partial charge on any atom is 0.137 e. The number of nitrogens with zero attached hydrogens (tertiary/aromatic N) is 2. The van der Waals surface area contributed by atoms with Gasteiger partial charge in [-0.25, -0.2) is 4.98 Å². The molecule has 4 nitrogen and oxygen atoms in total. The number of hydrogen-bond donors (Lipinski definition) is 2. The Morgan fingerprint density at radius 3 is 2.79 bits per heavy atom. The molecule has 0 amide bonds. The van der Waals surface area contributed by atoms with Crippen molar-refractivity contribution in [2.75, 3.05) is 5.32 Å². The molecule has 19 heavy (non-hydrogen) atoms. The van der Waals surface area contributed by atoms with Crippen molar-refractivity contribution in [2.24, 2.45) is 5.73 Å². The third kappa shape index (κ3) is 3.26. The Morgan fingerprint density at radius 2 is 2.16 bits per heavy atom. The summed E-state index contributed by atoms with van der Waals surface area (Å²) >= 11 is 5.09. The third-order valence-corrected chi connectivity index (χ3v) is 2.96. The highest BCUT2D eigenvalue weighted by Crippen LogP contribution is 2.19. The number of anilines is 1. The van der Waals surface area contributed by atoms with Crippen molar-refractivity contribution in [3.63, 3.8) is 0 Å². The fraction of sp³-hybridized carbons (Fsp3) is 0.214. The van der Waals surface area contributed by atoms with E-state index in [1.165, 1.54) is 0 Å². The Hall–Kier alpha value is -2.01. The van der Waals surface area contributed by atoms with E-state index in [0.717, 1.165) is 28.3 Å². The SMILES string of the molecule is Cc1cc(C)c(C(N)=S)c(NCc2ccccn2)n1. The van der Waals surface area contributed by atoms with Crippen molar-refractivity contribution >= 4 is 23.0 Å². The second-order valence-electron chi connectivity index (χ2n) is 4.34. The lowest BCUT2D eigenvalue weighted by molar-refractivity contribution is 1.02. The van der Waals surface area contributed by atoms with Crippen molar-refractivity contribution < 1.29 is 0 Å². The van der Waals surface area contributed by atoms with Gasteiger partial charge in [-0.05, 0) is 37.6 Å². The minimum atomic E-state index is 0.355. The van der Waals surface area contributed by atoms with Gasteiger partial charge in [0.15, 0.2) is 0 Å². The lowest BCUT2D eigenvalue weighted by Gasteiger charge is -2.13. The van der Waals surface area contributed by atoms with Crippen LogP contribution < -0.4 is 11.1 Å². The van der Waals surface area contributed by atoms with E-state index in [-0.39, 0.29) is 0 Å². The molecule has 0 saturated heterocycles.